The molecule has 4 atom stereocenters. The second-order valence-electron chi connectivity index (χ2n) is 9.83. The van der Waals surface area contributed by atoms with Gasteiger partial charge in [-0.2, -0.15) is 0 Å². The van der Waals surface area contributed by atoms with Crippen LogP contribution in [0.5, 0.6) is 0 Å². The summed E-state index contributed by atoms with van der Waals surface area (Å²) in [5, 5.41) is 11.1. The second kappa shape index (κ2) is 13.6. The lowest BCUT2D eigenvalue weighted by molar-refractivity contribution is 0.00369. The lowest BCUT2D eigenvalue weighted by Gasteiger charge is -2.36. The summed E-state index contributed by atoms with van der Waals surface area (Å²) in [6.45, 7) is 4.04. The third kappa shape index (κ3) is 9.58. The van der Waals surface area contributed by atoms with Crippen molar-refractivity contribution in [2.75, 3.05) is 6.54 Å². The van der Waals surface area contributed by atoms with E-state index < -0.39 is 5.92 Å². The molecule has 30 heavy (non-hydrogen) atoms. The van der Waals surface area contributed by atoms with E-state index in [1.165, 1.54) is 38.5 Å². The maximum Gasteiger partial charge on any atom is 0.245 e. The van der Waals surface area contributed by atoms with Crippen LogP contribution in [0.4, 0.5) is 8.78 Å². The summed E-state index contributed by atoms with van der Waals surface area (Å²) in [7, 11) is 0. The number of allylic oxidation sites excluding steroid dienone is 2. The predicted molar refractivity (Wildman–Crippen MR) is 123 cm³/mol. The van der Waals surface area contributed by atoms with E-state index in [0.29, 0.717) is 12.3 Å². The number of aliphatic imine (C=N–C) groups is 1. The van der Waals surface area contributed by atoms with Gasteiger partial charge in [0, 0.05) is 19.2 Å². The van der Waals surface area contributed by atoms with Crippen LogP contribution in [-0.2, 0) is 0 Å². The lowest BCUT2D eigenvalue weighted by Crippen LogP contribution is -2.34. The van der Waals surface area contributed by atoms with Crippen LogP contribution in [0.2, 0.25) is 0 Å². The van der Waals surface area contributed by atoms with Gasteiger partial charge in [0.05, 0.1) is 6.10 Å². The molecule has 174 valence electrons. The summed E-state index contributed by atoms with van der Waals surface area (Å²) in [6.07, 6.45) is 19.1. The van der Waals surface area contributed by atoms with Crippen molar-refractivity contribution in [2.45, 2.75) is 122 Å². The Morgan fingerprint density at radius 2 is 1.93 bits per heavy atom. The highest BCUT2D eigenvalue weighted by Gasteiger charge is 2.33. The molecule has 0 bridgehead atoms. The fourth-order valence-corrected chi connectivity index (χ4v) is 5.52. The molecule has 0 aromatic carbocycles. The quantitative estimate of drug-likeness (QED) is 0.319. The maximum absolute atomic E-state index is 13.4. The minimum atomic E-state index is -2.60. The first-order chi connectivity index (χ1) is 14.4. The van der Waals surface area contributed by atoms with E-state index in [2.05, 4.69) is 24.2 Å². The van der Waals surface area contributed by atoms with Crippen LogP contribution in [0.3, 0.4) is 0 Å². The molecular weight excluding hydrogens is 380 g/mol. The number of halogens is 2. The van der Waals surface area contributed by atoms with Gasteiger partial charge in [0.2, 0.25) is 5.92 Å². The molecular formula is C26H45F2NO. The van der Waals surface area contributed by atoms with E-state index in [1.807, 2.05) is 0 Å². The molecule has 0 radical (unpaired) electrons. The Bertz CT molecular complexity index is 526. The largest absolute Gasteiger partial charge is 0.393 e. The first-order valence-corrected chi connectivity index (χ1v) is 12.6. The Balaban J connectivity index is 1.92. The molecule has 2 aliphatic rings. The van der Waals surface area contributed by atoms with Crippen molar-refractivity contribution >= 4 is 6.21 Å². The van der Waals surface area contributed by atoms with E-state index in [1.54, 1.807) is 5.57 Å². The molecule has 4 unspecified atom stereocenters. The maximum atomic E-state index is 13.4. The van der Waals surface area contributed by atoms with E-state index in [-0.39, 0.29) is 24.4 Å². The monoisotopic (exact) mass is 425 g/mol. The van der Waals surface area contributed by atoms with Crippen LogP contribution in [0.25, 0.3) is 0 Å². The topological polar surface area (TPSA) is 32.6 Å². The molecule has 2 nitrogen and oxygen atoms in total. The molecule has 1 aliphatic carbocycles. The van der Waals surface area contributed by atoms with Gasteiger partial charge in [0.15, 0.2) is 0 Å². The normalized spacial score (nSPS) is 23.9. The summed E-state index contributed by atoms with van der Waals surface area (Å²) in [4.78, 5) is 4.49. The molecule has 0 aromatic rings. The van der Waals surface area contributed by atoms with Gasteiger partial charge < -0.3 is 5.11 Å². The SMILES string of the molecule is CCC(C(O)CCCC1=CCCCCCC1)C(CCCC(C)(F)F)C1C=NCCC1. The van der Waals surface area contributed by atoms with Gasteiger partial charge >= 0.3 is 0 Å². The van der Waals surface area contributed by atoms with Crippen molar-refractivity contribution in [3.8, 4) is 0 Å². The fraction of sp³-hybridized carbons (Fsp3) is 0.885. The second-order valence-corrected chi connectivity index (χ2v) is 9.83. The molecule has 0 spiro atoms. The lowest BCUT2D eigenvalue weighted by atomic mass is 9.72. The third-order valence-corrected chi connectivity index (χ3v) is 7.22. The van der Waals surface area contributed by atoms with Crippen LogP contribution in [0.15, 0.2) is 16.6 Å². The molecule has 0 saturated carbocycles. The van der Waals surface area contributed by atoms with Crippen molar-refractivity contribution in [2.24, 2.45) is 22.7 Å². The van der Waals surface area contributed by atoms with E-state index in [0.717, 1.165) is 58.4 Å². The van der Waals surface area contributed by atoms with Gasteiger partial charge in [-0.25, -0.2) is 8.78 Å². The van der Waals surface area contributed by atoms with Crippen LogP contribution in [-0.4, -0.2) is 29.9 Å². The molecule has 4 heteroatoms. The smallest absolute Gasteiger partial charge is 0.245 e. The van der Waals surface area contributed by atoms with Gasteiger partial charge in [-0.3, -0.25) is 4.99 Å². The summed E-state index contributed by atoms with van der Waals surface area (Å²) in [6, 6.07) is 0. The zero-order valence-electron chi connectivity index (χ0n) is 19.4. The number of nitrogens with zero attached hydrogens (tertiary/aromatic N) is 1. The van der Waals surface area contributed by atoms with Gasteiger partial charge in [-0.1, -0.05) is 37.8 Å². The highest BCUT2D eigenvalue weighted by atomic mass is 19.3. The van der Waals surface area contributed by atoms with Crippen molar-refractivity contribution < 1.29 is 13.9 Å². The van der Waals surface area contributed by atoms with E-state index in [9.17, 15) is 13.9 Å². The van der Waals surface area contributed by atoms with Crippen molar-refractivity contribution in [3.05, 3.63) is 11.6 Å². The summed E-state index contributed by atoms with van der Waals surface area (Å²) < 4.78 is 26.7. The standard InChI is InChI=1S/C26H45F2NO/c1-3-23(25(30)17-9-14-21-12-7-5-4-6-8-13-21)24(16-10-18-26(2,27)28)22-15-11-19-29-20-22/h12,20,22-25,30H,3-11,13-19H2,1-2H3. The van der Waals surface area contributed by atoms with E-state index >= 15 is 0 Å². The number of aliphatic hydroxyl groups is 1. The fourth-order valence-electron chi connectivity index (χ4n) is 5.52. The Kier molecular flexibility index (Phi) is 11.6. The molecule has 1 heterocycles. The highest BCUT2D eigenvalue weighted by molar-refractivity contribution is 5.62. The van der Waals surface area contributed by atoms with Gasteiger partial charge in [0.1, 0.15) is 0 Å². The van der Waals surface area contributed by atoms with Gasteiger partial charge in [-0.15, -0.1) is 0 Å². The van der Waals surface area contributed by atoms with Crippen molar-refractivity contribution in [3.63, 3.8) is 0 Å². The number of hydrogen-bond acceptors (Lipinski definition) is 2. The van der Waals surface area contributed by atoms with Crippen molar-refractivity contribution in [1.82, 2.24) is 0 Å². The summed E-state index contributed by atoms with van der Waals surface area (Å²) in [5.41, 5.74) is 1.58. The Hall–Kier alpha value is -0.770. The average Bonchev–Trinajstić information content (AvgIpc) is 2.68. The molecule has 0 aromatic heterocycles. The highest BCUT2D eigenvalue weighted by Crippen LogP contribution is 2.37. The average molecular weight is 426 g/mol. The number of aliphatic hydroxyl groups excluding tert-OH is 1. The minimum absolute atomic E-state index is 0.0615. The summed E-state index contributed by atoms with van der Waals surface area (Å²) >= 11 is 0. The summed E-state index contributed by atoms with van der Waals surface area (Å²) in [5.74, 6) is -1.83. The molecule has 0 fully saturated rings. The van der Waals surface area contributed by atoms with Crippen LogP contribution >= 0.6 is 0 Å². The third-order valence-electron chi connectivity index (χ3n) is 7.22. The Labute approximate surface area is 183 Å². The van der Waals surface area contributed by atoms with Gasteiger partial charge in [0.25, 0.3) is 0 Å². The number of hydrogen-bond donors (Lipinski definition) is 1. The minimum Gasteiger partial charge on any atom is -0.393 e. The Morgan fingerprint density at radius 1 is 1.13 bits per heavy atom. The molecule has 2 rings (SSSR count). The predicted octanol–water partition coefficient (Wildman–Crippen LogP) is 7.75. The van der Waals surface area contributed by atoms with Crippen LogP contribution in [0.1, 0.15) is 110 Å². The van der Waals surface area contributed by atoms with Crippen molar-refractivity contribution in [1.29, 1.82) is 0 Å². The van der Waals surface area contributed by atoms with Gasteiger partial charge in [-0.05, 0) is 95.3 Å². The van der Waals surface area contributed by atoms with Crippen LogP contribution in [0, 0.1) is 17.8 Å². The molecule has 0 amide bonds. The molecule has 0 saturated heterocycles. The zero-order chi connectivity index (χ0) is 21.8. The first-order valence-electron chi connectivity index (χ1n) is 12.6. The van der Waals surface area contributed by atoms with E-state index in [4.69, 9.17) is 0 Å². The van der Waals surface area contributed by atoms with Crippen LogP contribution < -0.4 is 0 Å². The molecule has 1 N–H and O–H groups in total. The zero-order valence-corrected chi connectivity index (χ0v) is 19.4. The number of rotatable bonds is 12. The first kappa shape index (κ1) is 25.5. The molecule has 1 aliphatic heterocycles. The number of alkyl halides is 2. The Morgan fingerprint density at radius 3 is 2.63 bits per heavy atom.